The van der Waals surface area contributed by atoms with Crippen molar-refractivity contribution in [1.82, 2.24) is 0 Å². The SMILES string of the molecule is CCOCCC(CC)C(C)C. The summed E-state index contributed by atoms with van der Waals surface area (Å²) in [5.74, 6) is 1.65. The molecule has 0 amide bonds. The summed E-state index contributed by atoms with van der Waals surface area (Å²) in [4.78, 5) is 0. The Balaban J connectivity index is 3.36. The van der Waals surface area contributed by atoms with Crippen molar-refractivity contribution in [2.75, 3.05) is 13.2 Å². The summed E-state index contributed by atoms with van der Waals surface area (Å²) in [6.07, 6.45) is 2.51. The average Bonchev–Trinajstić information content (AvgIpc) is 1.97. The van der Waals surface area contributed by atoms with Crippen LogP contribution in [0.15, 0.2) is 0 Å². The Bertz CT molecular complexity index is 78.9. The topological polar surface area (TPSA) is 9.23 Å². The van der Waals surface area contributed by atoms with E-state index in [1.807, 2.05) is 0 Å². The van der Waals surface area contributed by atoms with Gasteiger partial charge in [-0.15, -0.1) is 0 Å². The quantitative estimate of drug-likeness (QED) is 0.540. The Kier molecular flexibility index (Phi) is 6.63. The van der Waals surface area contributed by atoms with Gasteiger partial charge in [0.2, 0.25) is 0 Å². The van der Waals surface area contributed by atoms with Crippen molar-refractivity contribution >= 4 is 0 Å². The monoisotopic (exact) mass is 158 g/mol. The Morgan fingerprint density at radius 2 is 1.82 bits per heavy atom. The molecule has 0 aromatic carbocycles. The Hall–Kier alpha value is -0.0400. The highest BCUT2D eigenvalue weighted by atomic mass is 16.5. The van der Waals surface area contributed by atoms with Crippen LogP contribution >= 0.6 is 0 Å². The maximum absolute atomic E-state index is 5.32. The molecule has 0 aliphatic heterocycles. The predicted octanol–water partition coefficient (Wildman–Crippen LogP) is 3.10. The maximum atomic E-state index is 5.32. The molecule has 0 rings (SSSR count). The normalized spacial score (nSPS) is 13.9. The van der Waals surface area contributed by atoms with Gasteiger partial charge in [-0.1, -0.05) is 27.2 Å². The van der Waals surface area contributed by atoms with Crippen molar-refractivity contribution in [2.45, 2.75) is 40.5 Å². The van der Waals surface area contributed by atoms with E-state index in [9.17, 15) is 0 Å². The molecule has 1 heteroatoms. The molecule has 0 N–H and O–H groups in total. The fourth-order valence-corrected chi connectivity index (χ4v) is 1.39. The summed E-state index contributed by atoms with van der Waals surface area (Å²) in [5, 5.41) is 0. The van der Waals surface area contributed by atoms with Crippen LogP contribution in [0.4, 0.5) is 0 Å². The molecule has 0 aromatic heterocycles. The Morgan fingerprint density at radius 1 is 1.18 bits per heavy atom. The molecule has 0 heterocycles. The molecule has 1 atom stereocenters. The second-order valence-electron chi connectivity index (χ2n) is 3.40. The highest BCUT2D eigenvalue weighted by Crippen LogP contribution is 2.18. The number of ether oxygens (including phenoxy) is 1. The van der Waals surface area contributed by atoms with E-state index in [2.05, 4.69) is 27.7 Å². The first-order valence-corrected chi connectivity index (χ1v) is 4.80. The molecule has 0 saturated heterocycles. The molecule has 11 heavy (non-hydrogen) atoms. The van der Waals surface area contributed by atoms with Crippen molar-refractivity contribution in [3.05, 3.63) is 0 Å². The highest BCUT2D eigenvalue weighted by Gasteiger charge is 2.09. The van der Waals surface area contributed by atoms with Gasteiger partial charge < -0.3 is 4.74 Å². The van der Waals surface area contributed by atoms with Crippen LogP contribution in [0, 0.1) is 11.8 Å². The standard InChI is InChI=1S/C10H22O/c1-5-10(9(3)4)7-8-11-6-2/h9-10H,5-8H2,1-4H3. The van der Waals surface area contributed by atoms with Gasteiger partial charge >= 0.3 is 0 Å². The van der Waals surface area contributed by atoms with Crippen LogP contribution in [0.5, 0.6) is 0 Å². The third kappa shape index (κ3) is 5.25. The molecule has 1 unspecified atom stereocenters. The lowest BCUT2D eigenvalue weighted by molar-refractivity contribution is 0.123. The van der Waals surface area contributed by atoms with Crippen molar-refractivity contribution in [3.63, 3.8) is 0 Å². The van der Waals surface area contributed by atoms with Gasteiger partial charge in [0.15, 0.2) is 0 Å². The van der Waals surface area contributed by atoms with Crippen LogP contribution in [-0.4, -0.2) is 13.2 Å². The molecule has 0 aromatic rings. The molecule has 0 aliphatic rings. The fourth-order valence-electron chi connectivity index (χ4n) is 1.39. The first kappa shape index (κ1) is 11.0. The van der Waals surface area contributed by atoms with Gasteiger partial charge in [0, 0.05) is 13.2 Å². The Labute approximate surface area is 71.1 Å². The minimum Gasteiger partial charge on any atom is -0.382 e. The summed E-state index contributed by atoms with van der Waals surface area (Å²) in [5.41, 5.74) is 0. The summed E-state index contributed by atoms with van der Waals surface area (Å²) in [7, 11) is 0. The largest absolute Gasteiger partial charge is 0.382 e. The van der Waals surface area contributed by atoms with Crippen molar-refractivity contribution < 1.29 is 4.74 Å². The van der Waals surface area contributed by atoms with E-state index >= 15 is 0 Å². The van der Waals surface area contributed by atoms with E-state index in [0.717, 1.165) is 25.0 Å². The lowest BCUT2D eigenvalue weighted by Crippen LogP contribution is -2.10. The van der Waals surface area contributed by atoms with Crippen LogP contribution in [-0.2, 0) is 4.74 Å². The summed E-state index contributed by atoms with van der Waals surface area (Å²) in [6, 6.07) is 0. The van der Waals surface area contributed by atoms with Gasteiger partial charge in [0.1, 0.15) is 0 Å². The smallest absolute Gasteiger partial charge is 0.0468 e. The van der Waals surface area contributed by atoms with Gasteiger partial charge in [0.25, 0.3) is 0 Å². The second kappa shape index (κ2) is 6.66. The molecule has 68 valence electrons. The summed E-state index contributed by atoms with van der Waals surface area (Å²) < 4.78 is 5.32. The minimum absolute atomic E-state index is 0.806. The average molecular weight is 158 g/mol. The number of rotatable bonds is 6. The van der Waals surface area contributed by atoms with Crippen LogP contribution in [0.25, 0.3) is 0 Å². The van der Waals surface area contributed by atoms with Gasteiger partial charge in [-0.05, 0) is 25.2 Å². The lowest BCUT2D eigenvalue weighted by Gasteiger charge is -2.18. The second-order valence-corrected chi connectivity index (χ2v) is 3.40. The molecular formula is C10H22O. The zero-order valence-corrected chi connectivity index (χ0v) is 8.39. The maximum Gasteiger partial charge on any atom is 0.0468 e. The highest BCUT2D eigenvalue weighted by molar-refractivity contribution is 4.60. The predicted molar refractivity (Wildman–Crippen MR) is 49.7 cm³/mol. The lowest BCUT2D eigenvalue weighted by atomic mass is 9.91. The molecule has 0 bridgehead atoms. The zero-order valence-electron chi connectivity index (χ0n) is 8.39. The van der Waals surface area contributed by atoms with Crippen LogP contribution in [0.3, 0.4) is 0 Å². The summed E-state index contributed by atoms with van der Waals surface area (Å²) in [6.45, 7) is 10.7. The van der Waals surface area contributed by atoms with E-state index in [1.165, 1.54) is 12.8 Å². The van der Waals surface area contributed by atoms with Crippen molar-refractivity contribution in [1.29, 1.82) is 0 Å². The summed E-state index contributed by atoms with van der Waals surface area (Å²) >= 11 is 0. The van der Waals surface area contributed by atoms with E-state index in [1.54, 1.807) is 0 Å². The van der Waals surface area contributed by atoms with E-state index < -0.39 is 0 Å². The molecule has 0 radical (unpaired) electrons. The van der Waals surface area contributed by atoms with E-state index in [0.29, 0.717) is 0 Å². The minimum atomic E-state index is 0.806. The number of hydrogen-bond acceptors (Lipinski definition) is 1. The molecule has 0 spiro atoms. The molecule has 1 nitrogen and oxygen atoms in total. The zero-order chi connectivity index (χ0) is 8.69. The van der Waals surface area contributed by atoms with Gasteiger partial charge in [-0.2, -0.15) is 0 Å². The molecular weight excluding hydrogens is 136 g/mol. The third-order valence-corrected chi connectivity index (χ3v) is 2.30. The molecule has 0 saturated carbocycles. The van der Waals surface area contributed by atoms with Crippen LogP contribution in [0.2, 0.25) is 0 Å². The van der Waals surface area contributed by atoms with Crippen molar-refractivity contribution in [3.8, 4) is 0 Å². The first-order chi connectivity index (χ1) is 5.22. The van der Waals surface area contributed by atoms with Crippen LogP contribution in [0.1, 0.15) is 40.5 Å². The van der Waals surface area contributed by atoms with Gasteiger partial charge in [-0.3, -0.25) is 0 Å². The first-order valence-electron chi connectivity index (χ1n) is 4.80. The molecule has 0 aliphatic carbocycles. The number of hydrogen-bond donors (Lipinski definition) is 0. The van der Waals surface area contributed by atoms with Gasteiger partial charge in [0.05, 0.1) is 0 Å². The van der Waals surface area contributed by atoms with E-state index in [-0.39, 0.29) is 0 Å². The van der Waals surface area contributed by atoms with E-state index in [4.69, 9.17) is 4.74 Å². The fraction of sp³-hybridized carbons (Fsp3) is 1.00. The third-order valence-electron chi connectivity index (χ3n) is 2.30. The molecule has 0 fully saturated rings. The van der Waals surface area contributed by atoms with Crippen LogP contribution < -0.4 is 0 Å². The van der Waals surface area contributed by atoms with Crippen molar-refractivity contribution in [2.24, 2.45) is 11.8 Å². The Morgan fingerprint density at radius 3 is 2.18 bits per heavy atom. The van der Waals surface area contributed by atoms with Gasteiger partial charge in [-0.25, -0.2) is 0 Å².